The molecule has 0 spiro atoms. The molecule has 2 N–H and O–H groups in total. The molecule has 0 saturated heterocycles. The van der Waals surface area contributed by atoms with Crippen molar-refractivity contribution < 1.29 is 10.2 Å². The van der Waals surface area contributed by atoms with E-state index in [0.29, 0.717) is 0 Å². The molecule has 180 valence electrons. The Morgan fingerprint density at radius 3 is 1.55 bits per heavy atom. The maximum Gasteiger partial charge on any atom is 0.194 e. The van der Waals surface area contributed by atoms with E-state index in [1.165, 1.54) is 102 Å². The molecule has 3 nitrogen and oxygen atoms in total. The number of hydrogen-bond acceptors (Lipinski definition) is 2. The summed E-state index contributed by atoms with van der Waals surface area (Å²) in [6.07, 6.45) is 26.3. The van der Waals surface area contributed by atoms with Crippen LogP contribution in [0.15, 0.2) is 23.8 Å². The van der Waals surface area contributed by atoms with Gasteiger partial charge in [-0.05, 0) is 26.2 Å². The standard InChI is InChI=1S/C28H51NO2/c1-4-6-7-8-9-10-11-12-13-14-15-16-17-18-19-20-22-25(3)26(21-5-2)29-27(30)23-24-28(29)31/h22-24,26,30-31H,4-21H2,1-3H3. The first-order valence-electron chi connectivity index (χ1n) is 13.4. The van der Waals surface area contributed by atoms with Gasteiger partial charge in [-0.2, -0.15) is 0 Å². The van der Waals surface area contributed by atoms with E-state index < -0.39 is 0 Å². The van der Waals surface area contributed by atoms with E-state index in [0.717, 1.165) is 19.3 Å². The van der Waals surface area contributed by atoms with Crippen LogP contribution in [-0.4, -0.2) is 14.8 Å². The number of allylic oxidation sites excluding steroid dienone is 2. The average molecular weight is 434 g/mol. The van der Waals surface area contributed by atoms with Crippen molar-refractivity contribution in [3.05, 3.63) is 23.8 Å². The largest absolute Gasteiger partial charge is 0.494 e. The number of hydrogen-bond donors (Lipinski definition) is 2. The predicted molar refractivity (Wildman–Crippen MR) is 135 cm³/mol. The van der Waals surface area contributed by atoms with Crippen LogP contribution in [0.25, 0.3) is 0 Å². The summed E-state index contributed by atoms with van der Waals surface area (Å²) in [5.41, 5.74) is 1.24. The lowest BCUT2D eigenvalue weighted by molar-refractivity contribution is 0.339. The van der Waals surface area contributed by atoms with E-state index >= 15 is 0 Å². The van der Waals surface area contributed by atoms with E-state index in [4.69, 9.17) is 0 Å². The van der Waals surface area contributed by atoms with Crippen molar-refractivity contribution in [3.63, 3.8) is 0 Å². The summed E-state index contributed by atoms with van der Waals surface area (Å²) < 4.78 is 1.65. The lowest BCUT2D eigenvalue weighted by atomic mass is 10.0. The molecule has 0 radical (unpaired) electrons. The van der Waals surface area contributed by atoms with E-state index in [1.54, 1.807) is 16.7 Å². The zero-order valence-electron chi connectivity index (χ0n) is 20.9. The lowest BCUT2D eigenvalue weighted by Gasteiger charge is -2.21. The Morgan fingerprint density at radius 2 is 1.13 bits per heavy atom. The monoisotopic (exact) mass is 433 g/mol. The van der Waals surface area contributed by atoms with Crippen molar-refractivity contribution >= 4 is 0 Å². The highest BCUT2D eigenvalue weighted by Gasteiger charge is 2.18. The van der Waals surface area contributed by atoms with Gasteiger partial charge in [-0.1, -0.05) is 122 Å². The molecule has 0 aliphatic heterocycles. The Morgan fingerprint density at radius 1 is 0.710 bits per heavy atom. The molecule has 0 saturated carbocycles. The first kappa shape index (κ1) is 27.7. The molecule has 31 heavy (non-hydrogen) atoms. The summed E-state index contributed by atoms with van der Waals surface area (Å²) in [6, 6.07) is 3.19. The Bertz CT molecular complexity index is 556. The number of aromatic nitrogens is 1. The normalized spacial score (nSPS) is 13.1. The third-order valence-electron chi connectivity index (χ3n) is 6.55. The van der Waals surface area contributed by atoms with Crippen LogP contribution >= 0.6 is 0 Å². The van der Waals surface area contributed by atoms with Crippen LogP contribution < -0.4 is 0 Å². The Balaban J connectivity index is 2.05. The SMILES string of the molecule is CCCCCCCCCCCCCCCCCC=C(C)C(CCC)n1c(O)ccc1O. The molecule has 0 aliphatic carbocycles. The van der Waals surface area contributed by atoms with Crippen LogP contribution in [0, 0.1) is 0 Å². The third kappa shape index (κ3) is 12.3. The molecule has 0 aromatic carbocycles. The van der Waals surface area contributed by atoms with E-state index in [2.05, 4.69) is 26.8 Å². The topological polar surface area (TPSA) is 45.4 Å². The maximum atomic E-state index is 10.1. The molecule has 1 rings (SSSR count). The summed E-state index contributed by atoms with van der Waals surface area (Å²) in [6.45, 7) is 6.56. The van der Waals surface area contributed by atoms with Gasteiger partial charge in [-0.15, -0.1) is 0 Å². The van der Waals surface area contributed by atoms with Gasteiger partial charge in [0.15, 0.2) is 11.8 Å². The van der Waals surface area contributed by atoms with Crippen molar-refractivity contribution in [3.8, 4) is 11.8 Å². The first-order valence-corrected chi connectivity index (χ1v) is 13.4. The highest BCUT2D eigenvalue weighted by atomic mass is 16.3. The first-order chi connectivity index (χ1) is 15.1. The summed E-state index contributed by atoms with van der Waals surface area (Å²) in [7, 11) is 0. The Labute approximate surface area is 193 Å². The summed E-state index contributed by atoms with van der Waals surface area (Å²) in [5.74, 6) is 0.298. The number of unbranched alkanes of at least 4 members (excludes halogenated alkanes) is 15. The van der Waals surface area contributed by atoms with Gasteiger partial charge in [-0.25, -0.2) is 0 Å². The van der Waals surface area contributed by atoms with Crippen molar-refractivity contribution in [2.45, 2.75) is 142 Å². The van der Waals surface area contributed by atoms with Crippen LogP contribution in [0.2, 0.25) is 0 Å². The van der Waals surface area contributed by atoms with Crippen molar-refractivity contribution in [1.82, 2.24) is 4.57 Å². The minimum Gasteiger partial charge on any atom is -0.494 e. The minimum atomic E-state index is 0.0522. The number of rotatable bonds is 20. The van der Waals surface area contributed by atoms with Gasteiger partial charge in [0.25, 0.3) is 0 Å². The molecule has 0 fully saturated rings. The fourth-order valence-electron chi connectivity index (χ4n) is 4.56. The zero-order valence-corrected chi connectivity index (χ0v) is 20.9. The Hall–Kier alpha value is -1.38. The molecule has 1 heterocycles. The van der Waals surface area contributed by atoms with Crippen molar-refractivity contribution in [2.75, 3.05) is 0 Å². The molecule has 0 amide bonds. The van der Waals surface area contributed by atoms with E-state index in [1.807, 2.05) is 0 Å². The van der Waals surface area contributed by atoms with Gasteiger partial charge in [0.1, 0.15) is 0 Å². The van der Waals surface area contributed by atoms with Gasteiger partial charge in [-0.3, -0.25) is 4.57 Å². The molecule has 0 bridgehead atoms. The highest BCUT2D eigenvalue weighted by molar-refractivity contribution is 5.28. The second kappa shape index (κ2) is 18.2. The number of nitrogens with zero attached hydrogens (tertiary/aromatic N) is 1. The van der Waals surface area contributed by atoms with Gasteiger partial charge >= 0.3 is 0 Å². The van der Waals surface area contributed by atoms with Crippen molar-refractivity contribution in [1.29, 1.82) is 0 Å². The number of aromatic hydroxyl groups is 2. The molecule has 1 aromatic heterocycles. The molecular formula is C28H51NO2. The fraction of sp³-hybridized carbons (Fsp3) is 0.786. The summed E-state index contributed by atoms with van der Waals surface area (Å²) in [4.78, 5) is 0. The van der Waals surface area contributed by atoms with Gasteiger partial charge in [0.2, 0.25) is 0 Å². The zero-order chi connectivity index (χ0) is 22.7. The summed E-state index contributed by atoms with van der Waals surface area (Å²) in [5, 5.41) is 20.1. The lowest BCUT2D eigenvalue weighted by Crippen LogP contribution is -2.09. The van der Waals surface area contributed by atoms with Gasteiger partial charge in [0, 0.05) is 12.1 Å². The smallest absolute Gasteiger partial charge is 0.194 e. The quantitative estimate of drug-likeness (QED) is 0.159. The fourth-order valence-corrected chi connectivity index (χ4v) is 4.56. The maximum absolute atomic E-state index is 10.1. The van der Waals surface area contributed by atoms with Crippen LogP contribution in [0.3, 0.4) is 0 Å². The van der Waals surface area contributed by atoms with Crippen LogP contribution in [0.4, 0.5) is 0 Å². The van der Waals surface area contributed by atoms with Crippen molar-refractivity contribution in [2.24, 2.45) is 0 Å². The van der Waals surface area contributed by atoms with Gasteiger partial charge < -0.3 is 10.2 Å². The second-order valence-electron chi connectivity index (χ2n) is 9.41. The molecular weight excluding hydrogens is 382 g/mol. The molecule has 0 aliphatic rings. The minimum absolute atomic E-state index is 0.0522. The molecule has 1 atom stereocenters. The Kier molecular flexibility index (Phi) is 16.3. The highest BCUT2D eigenvalue weighted by Crippen LogP contribution is 2.33. The van der Waals surface area contributed by atoms with E-state index in [-0.39, 0.29) is 17.8 Å². The van der Waals surface area contributed by atoms with E-state index in [9.17, 15) is 10.2 Å². The van der Waals surface area contributed by atoms with Crippen LogP contribution in [0.5, 0.6) is 11.8 Å². The van der Waals surface area contributed by atoms with Crippen LogP contribution in [0.1, 0.15) is 142 Å². The van der Waals surface area contributed by atoms with Gasteiger partial charge in [0.05, 0.1) is 6.04 Å². The summed E-state index contributed by atoms with van der Waals surface area (Å²) >= 11 is 0. The molecule has 3 heteroatoms. The third-order valence-corrected chi connectivity index (χ3v) is 6.55. The molecule has 1 unspecified atom stereocenters. The predicted octanol–water partition coefficient (Wildman–Crippen LogP) is 9.45. The molecule has 1 aromatic rings. The average Bonchev–Trinajstić information content (AvgIpc) is 3.09. The van der Waals surface area contributed by atoms with Crippen LogP contribution in [-0.2, 0) is 0 Å². The second-order valence-corrected chi connectivity index (χ2v) is 9.41.